The number of aromatic nitrogens is 2. The number of aryl methyl sites for hydroxylation is 1. The predicted octanol–water partition coefficient (Wildman–Crippen LogP) is 4.79. The smallest absolute Gasteiger partial charge is 0.350 e. The SMILES string of the molecule is CCCCN(C)c1nc(C(=O)NC2CC2F)c(C(=O)OCC)s1.COC(C)CNC(=O)c1[nH]c(C)c(Cl)c1Cl. The van der Waals surface area contributed by atoms with E-state index in [9.17, 15) is 18.8 Å². The molecule has 218 valence electrons. The van der Waals surface area contributed by atoms with E-state index in [0.29, 0.717) is 28.8 Å². The Morgan fingerprint density at radius 3 is 2.44 bits per heavy atom. The molecule has 0 aromatic carbocycles. The van der Waals surface area contributed by atoms with Crippen molar-refractivity contribution >= 4 is 57.5 Å². The number of esters is 1. The molecule has 2 amide bonds. The van der Waals surface area contributed by atoms with E-state index in [1.54, 1.807) is 21.0 Å². The molecule has 1 aliphatic carbocycles. The van der Waals surface area contributed by atoms with E-state index in [1.165, 1.54) is 0 Å². The second-order valence-corrected chi connectivity index (χ2v) is 10.7. The van der Waals surface area contributed by atoms with Gasteiger partial charge in [-0.2, -0.15) is 0 Å². The Balaban J connectivity index is 0.000000293. The number of anilines is 1. The van der Waals surface area contributed by atoms with Crippen LogP contribution in [0.4, 0.5) is 9.52 Å². The van der Waals surface area contributed by atoms with Gasteiger partial charge in [-0.1, -0.05) is 47.9 Å². The molecule has 2 aromatic heterocycles. The van der Waals surface area contributed by atoms with Crippen molar-refractivity contribution in [2.75, 3.05) is 38.8 Å². The van der Waals surface area contributed by atoms with Gasteiger partial charge in [-0.15, -0.1) is 0 Å². The largest absolute Gasteiger partial charge is 0.462 e. The van der Waals surface area contributed by atoms with Crippen molar-refractivity contribution in [3.05, 3.63) is 32.0 Å². The Morgan fingerprint density at radius 1 is 1.26 bits per heavy atom. The Morgan fingerprint density at radius 2 is 1.92 bits per heavy atom. The van der Waals surface area contributed by atoms with Crippen LogP contribution in [0.2, 0.25) is 10.0 Å². The van der Waals surface area contributed by atoms with Gasteiger partial charge in [0.2, 0.25) is 0 Å². The summed E-state index contributed by atoms with van der Waals surface area (Å²) in [5, 5.41) is 6.46. The Kier molecular flexibility index (Phi) is 12.9. The summed E-state index contributed by atoms with van der Waals surface area (Å²) in [7, 11) is 3.45. The van der Waals surface area contributed by atoms with E-state index >= 15 is 0 Å². The number of ether oxygens (including phenoxy) is 2. The van der Waals surface area contributed by atoms with Crippen LogP contribution in [0.25, 0.3) is 0 Å². The first-order valence-corrected chi connectivity index (χ1v) is 14.2. The van der Waals surface area contributed by atoms with Crippen molar-refractivity contribution in [3.8, 4) is 0 Å². The highest BCUT2D eigenvalue weighted by Crippen LogP contribution is 2.30. The van der Waals surface area contributed by atoms with E-state index in [4.69, 9.17) is 32.7 Å². The zero-order chi connectivity index (χ0) is 29.3. The number of carbonyl (C=O) groups is 3. The van der Waals surface area contributed by atoms with Crippen molar-refractivity contribution < 1.29 is 28.2 Å². The molecular weight excluding hydrogens is 572 g/mol. The normalized spacial score (nSPS) is 16.5. The first kappa shape index (κ1) is 32.8. The second-order valence-electron chi connectivity index (χ2n) is 9.01. The number of rotatable bonds is 12. The number of thiazole rings is 1. The molecule has 0 saturated heterocycles. The monoisotopic (exact) mass is 607 g/mol. The van der Waals surface area contributed by atoms with Gasteiger partial charge < -0.3 is 30.0 Å². The molecule has 14 heteroatoms. The fourth-order valence-electron chi connectivity index (χ4n) is 3.14. The number of H-pyrrole nitrogens is 1. The molecule has 10 nitrogen and oxygen atoms in total. The zero-order valence-electron chi connectivity index (χ0n) is 23.0. The number of alkyl halides is 1. The lowest BCUT2D eigenvalue weighted by atomic mass is 10.3. The highest BCUT2D eigenvalue weighted by Gasteiger charge is 2.40. The third kappa shape index (κ3) is 9.33. The molecule has 0 aliphatic heterocycles. The first-order valence-electron chi connectivity index (χ1n) is 12.6. The highest BCUT2D eigenvalue weighted by molar-refractivity contribution is 7.17. The summed E-state index contributed by atoms with van der Waals surface area (Å²) in [5.41, 5.74) is 0.981. The van der Waals surface area contributed by atoms with Crippen molar-refractivity contribution in [2.45, 2.75) is 65.3 Å². The third-order valence-electron chi connectivity index (χ3n) is 5.73. The van der Waals surface area contributed by atoms with Gasteiger partial charge in [0.1, 0.15) is 16.7 Å². The molecule has 3 N–H and O–H groups in total. The zero-order valence-corrected chi connectivity index (χ0v) is 25.3. The fourth-order valence-corrected chi connectivity index (χ4v) is 4.50. The Labute approximate surface area is 241 Å². The van der Waals surface area contributed by atoms with Gasteiger partial charge in [0, 0.05) is 39.4 Å². The van der Waals surface area contributed by atoms with Gasteiger partial charge in [-0.05, 0) is 27.2 Å². The maximum absolute atomic E-state index is 13.0. The molecule has 0 radical (unpaired) electrons. The number of nitrogens with one attached hydrogen (secondary N) is 3. The molecule has 3 unspecified atom stereocenters. The van der Waals surface area contributed by atoms with Gasteiger partial charge >= 0.3 is 5.97 Å². The number of halogens is 3. The van der Waals surface area contributed by atoms with Crippen LogP contribution in [0.3, 0.4) is 0 Å². The van der Waals surface area contributed by atoms with Crippen molar-refractivity contribution in [3.63, 3.8) is 0 Å². The van der Waals surface area contributed by atoms with E-state index < -0.39 is 24.1 Å². The minimum absolute atomic E-state index is 0.0194. The highest BCUT2D eigenvalue weighted by atomic mass is 35.5. The van der Waals surface area contributed by atoms with Crippen LogP contribution >= 0.6 is 34.5 Å². The van der Waals surface area contributed by atoms with E-state index in [-0.39, 0.29) is 39.9 Å². The van der Waals surface area contributed by atoms with Gasteiger partial charge in [0.05, 0.1) is 28.8 Å². The Bertz CT molecular complexity index is 1140. The Hall–Kier alpha value is -2.41. The van der Waals surface area contributed by atoms with E-state index in [1.807, 2.05) is 18.9 Å². The molecule has 1 aliphatic rings. The van der Waals surface area contributed by atoms with Crippen LogP contribution in [0.1, 0.15) is 76.4 Å². The minimum atomic E-state index is -1.00. The van der Waals surface area contributed by atoms with Crippen LogP contribution in [-0.4, -0.2) is 79.9 Å². The summed E-state index contributed by atoms with van der Waals surface area (Å²) in [4.78, 5) is 45.2. The third-order valence-corrected chi connectivity index (χ3v) is 7.82. The average molecular weight is 609 g/mol. The lowest BCUT2D eigenvalue weighted by molar-refractivity contribution is 0.0528. The van der Waals surface area contributed by atoms with Crippen LogP contribution < -0.4 is 15.5 Å². The molecule has 3 rings (SSSR count). The summed E-state index contributed by atoms with van der Waals surface area (Å²) in [6.07, 6.45) is 1.28. The maximum Gasteiger partial charge on any atom is 0.350 e. The van der Waals surface area contributed by atoms with Crippen LogP contribution in [-0.2, 0) is 9.47 Å². The standard InChI is InChI=1S/C15H22FN3O3S.C10H14Cl2N2O2/c1-4-6-7-19(3)15-18-11(12(23-15)14(21)22-5-2)13(20)17-10-8-9(10)16;1-5(16-3)4-13-10(15)9-8(12)7(11)6(2)14-9/h9-10H,4-8H2,1-3H3,(H,17,20);5,14H,4H2,1-3H3,(H,13,15). The van der Waals surface area contributed by atoms with Gasteiger partial charge in [-0.3, -0.25) is 9.59 Å². The number of hydrogen-bond donors (Lipinski definition) is 3. The lowest BCUT2D eigenvalue weighted by Gasteiger charge is -2.14. The second kappa shape index (κ2) is 15.4. The average Bonchev–Trinajstić information content (AvgIpc) is 3.31. The number of aromatic amines is 1. The van der Waals surface area contributed by atoms with Crippen molar-refractivity contribution in [2.24, 2.45) is 0 Å². The minimum Gasteiger partial charge on any atom is -0.462 e. The topological polar surface area (TPSA) is 126 Å². The predicted molar refractivity (Wildman–Crippen MR) is 151 cm³/mol. The molecule has 1 saturated carbocycles. The number of unbranched alkanes of at least 4 members (excludes halogenated alkanes) is 1. The molecule has 2 aromatic rings. The van der Waals surface area contributed by atoms with Gasteiger partial charge in [0.25, 0.3) is 11.8 Å². The quantitative estimate of drug-likeness (QED) is 0.296. The summed E-state index contributed by atoms with van der Waals surface area (Å²) < 4.78 is 23.0. The number of methoxy groups -OCH3 is 1. The lowest BCUT2D eigenvalue weighted by Crippen LogP contribution is -2.31. The van der Waals surface area contributed by atoms with Crippen LogP contribution in [0.5, 0.6) is 0 Å². The molecule has 39 heavy (non-hydrogen) atoms. The van der Waals surface area contributed by atoms with Gasteiger partial charge in [-0.25, -0.2) is 14.2 Å². The number of hydrogen-bond acceptors (Lipinski definition) is 8. The van der Waals surface area contributed by atoms with Crippen molar-refractivity contribution in [1.29, 1.82) is 0 Å². The maximum atomic E-state index is 13.0. The van der Waals surface area contributed by atoms with Crippen molar-refractivity contribution in [1.82, 2.24) is 20.6 Å². The molecule has 3 atom stereocenters. The van der Waals surface area contributed by atoms with E-state index in [0.717, 1.165) is 30.7 Å². The van der Waals surface area contributed by atoms with Crippen LogP contribution in [0, 0.1) is 6.92 Å². The van der Waals surface area contributed by atoms with Crippen LogP contribution in [0.15, 0.2) is 0 Å². The number of carbonyl (C=O) groups excluding carboxylic acids is 3. The first-order chi connectivity index (χ1) is 18.4. The summed E-state index contributed by atoms with van der Waals surface area (Å²) in [6, 6.07) is -0.472. The molecule has 0 bridgehead atoms. The fraction of sp³-hybridized carbons (Fsp3) is 0.600. The van der Waals surface area contributed by atoms with E-state index in [2.05, 4.69) is 27.5 Å². The van der Waals surface area contributed by atoms with Gasteiger partial charge in [0.15, 0.2) is 10.8 Å². The molecule has 0 spiro atoms. The summed E-state index contributed by atoms with van der Waals surface area (Å²) in [6.45, 7) is 8.81. The number of nitrogens with zero attached hydrogens (tertiary/aromatic N) is 2. The molecular formula is C25H36Cl2FN5O5S. The summed E-state index contributed by atoms with van der Waals surface area (Å²) in [5.74, 6) is -1.38. The summed E-state index contributed by atoms with van der Waals surface area (Å²) >= 11 is 12.9. The number of amides is 2. The molecule has 2 heterocycles. The molecule has 1 fully saturated rings.